The monoisotopic (exact) mass is 171 g/mol. The molecule has 0 aromatic rings. The Kier molecular flexibility index (Phi) is 2.62. The van der Waals surface area contributed by atoms with E-state index in [0.29, 0.717) is 0 Å². The number of thiocarbonyl (C=S) groups is 1. The van der Waals surface area contributed by atoms with E-state index in [1.54, 1.807) is 0 Å². The average Bonchev–Trinajstić information content (AvgIpc) is 1.85. The Morgan fingerprint density at radius 3 is 2.82 bits per heavy atom. The quantitative estimate of drug-likeness (QED) is 0.475. The summed E-state index contributed by atoms with van der Waals surface area (Å²) in [6.45, 7) is 3.05. The first-order chi connectivity index (χ1) is 5.12. The second-order valence-electron chi connectivity index (χ2n) is 3.19. The fraction of sp³-hybridized carbons (Fsp3) is 0.625. The van der Waals surface area contributed by atoms with Gasteiger partial charge in [-0.3, -0.25) is 0 Å². The number of rotatable bonds is 1. The molecule has 0 saturated heterocycles. The van der Waals surface area contributed by atoms with E-state index >= 15 is 0 Å². The SMILES string of the molecule is CC(=S)N[N+]1(C)C=CCCC1. The van der Waals surface area contributed by atoms with Gasteiger partial charge in [-0.05, 0) is 19.4 Å². The molecule has 1 N–H and O–H groups in total. The van der Waals surface area contributed by atoms with Gasteiger partial charge in [-0.1, -0.05) is 12.2 Å². The lowest BCUT2D eigenvalue weighted by Crippen LogP contribution is -2.53. The molecule has 0 aromatic heterocycles. The van der Waals surface area contributed by atoms with Crippen molar-refractivity contribution in [1.82, 2.24) is 5.43 Å². The first kappa shape index (κ1) is 8.68. The van der Waals surface area contributed by atoms with Crippen LogP contribution in [-0.2, 0) is 0 Å². The standard InChI is InChI=1S/C8H14N2S/c1-8(11)9-10(2)6-4-3-5-7-10/h4,6H,3,5,7H2,1-2H3/p+1. The van der Waals surface area contributed by atoms with E-state index in [9.17, 15) is 0 Å². The van der Waals surface area contributed by atoms with E-state index in [2.05, 4.69) is 24.7 Å². The second kappa shape index (κ2) is 3.32. The van der Waals surface area contributed by atoms with Crippen LogP contribution in [-0.4, -0.2) is 23.2 Å². The topological polar surface area (TPSA) is 12.0 Å². The summed E-state index contributed by atoms with van der Waals surface area (Å²) in [5, 5.41) is 0. The lowest BCUT2D eigenvalue weighted by atomic mass is 10.2. The van der Waals surface area contributed by atoms with E-state index in [1.165, 1.54) is 12.8 Å². The molecule has 0 amide bonds. The largest absolute Gasteiger partial charge is 0.226 e. The smallest absolute Gasteiger partial charge is 0.122 e. The number of nitrogens with zero attached hydrogens (tertiary/aromatic N) is 1. The predicted molar refractivity (Wildman–Crippen MR) is 50.8 cm³/mol. The van der Waals surface area contributed by atoms with Gasteiger partial charge in [0.1, 0.15) is 17.7 Å². The molecule has 1 rings (SSSR count). The van der Waals surface area contributed by atoms with Crippen LogP contribution in [0.5, 0.6) is 0 Å². The van der Waals surface area contributed by atoms with Gasteiger partial charge in [0.05, 0.1) is 7.05 Å². The highest BCUT2D eigenvalue weighted by molar-refractivity contribution is 7.80. The Bertz CT molecular complexity index is 189. The third kappa shape index (κ3) is 2.60. The zero-order valence-corrected chi connectivity index (χ0v) is 7.95. The van der Waals surface area contributed by atoms with Crippen LogP contribution in [0.1, 0.15) is 19.8 Å². The van der Waals surface area contributed by atoms with Crippen molar-refractivity contribution in [3.63, 3.8) is 0 Å². The van der Waals surface area contributed by atoms with E-state index < -0.39 is 0 Å². The lowest BCUT2D eigenvalue weighted by molar-refractivity contribution is -0.895. The molecule has 0 saturated carbocycles. The molecule has 62 valence electrons. The molecule has 0 fully saturated rings. The van der Waals surface area contributed by atoms with Crippen LogP contribution >= 0.6 is 12.2 Å². The number of quaternary nitrogens is 1. The molecule has 0 spiro atoms. The number of nitrogens with one attached hydrogen (secondary N) is 1. The molecular formula is C8H15N2S+. The molecule has 3 heteroatoms. The Morgan fingerprint density at radius 2 is 2.36 bits per heavy atom. The van der Waals surface area contributed by atoms with Crippen LogP contribution in [0.2, 0.25) is 0 Å². The number of allylic oxidation sites excluding steroid dienone is 1. The predicted octanol–water partition coefficient (Wildman–Crippen LogP) is 1.59. The van der Waals surface area contributed by atoms with Crippen molar-refractivity contribution in [3.05, 3.63) is 12.3 Å². The Hall–Kier alpha value is -0.410. The van der Waals surface area contributed by atoms with Crippen LogP contribution in [0.15, 0.2) is 12.3 Å². The summed E-state index contributed by atoms with van der Waals surface area (Å²) in [5.41, 5.74) is 3.24. The van der Waals surface area contributed by atoms with Gasteiger partial charge in [-0.2, -0.15) is 4.59 Å². The Labute approximate surface area is 73.4 Å². The molecule has 0 bridgehead atoms. The van der Waals surface area contributed by atoms with E-state index in [0.717, 1.165) is 16.1 Å². The summed E-state index contributed by atoms with van der Waals surface area (Å²) in [6, 6.07) is 0. The molecule has 1 heterocycles. The molecule has 1 atom stereocenters. The summed E-state index contributed by atoms with van der Waals surface area (Å²) in [6.07, 6.45) is 6.81. The van der Waals surface area contributed by atoms with Crippen LogP contribution in [0.4, 0.5) is 0 Å². The van der Waals surface area contributed by atoms with Gasteiger partial charge in [0.15, 0.2) is 0 Å². The van der Waals surface area contributed by atoms with Crippen LogP contribution in [0.25, 0.3) is 0 Å². The van der Waals surface area contributed by atoms with Gasteiger partial charge in [0, 0.05) is 6.42 Å². The highest BCUT2D eigenvalue weighted by Gasteiger charge is 2.20. The van der Waals surface area contributed by atoms with Crippen molar-refractivity contribution in [3.8, 4) is 0 Å². The van der Waals surface area contributed by atoms with Gasteiger partial charge >= 0.3 is 0 Å². The van der Waals surface area contributed by atoms with Crippen molar-refractivity contribution in [2.75, 3.05) is 13.6 Å². The van der Waals surface area contributed by atoms with Gasteiger partial charge < -0.3 is 0 Å². The summed E-state index contributed by atoms with van der Waals surface area (Å²) in [7, 11) is 2.13. The van der Waals surface area contributed by atoms with Crippen molar-refractivity contribution < 1.29 is 4.59 Å². The van der Waals surface area contributed by atoms with E-state index in [-0.39, 0.29) is 0 Å². The molecule has 1 aliphatic rings. The fourth-order valence-corrected chi connectivity index (χ4v) is 1.58. The van der Waals surface area contributed by atoms with Crippen molar-refractivity contribution in [2.24, 2.45) is 0 Å². The second-order valence-corrected chi connectivity index (χ2v) is 3.80. The van der Waals surface area contributed by atoms with Crippen LogP contribution < -0.4 is 5.43 Å². The first-order valence-electron chi connectivity index (χ1n) is 3.94. The molecule has 1 aliphatic heterocycles. The molecule has 2 nitrogen and oxygen atoms in total. The van der Waals surface area contributed by atoms with Crippen molar-refractivity contribution in [2.45, 2.75) is 19.8 Å². The summed E-state index contributed by atoms with van der Waals surface area (Å²) in [5.74, 6) is 0. The Balaban J connectivity index is 2.57. The number of hydrogen-bond donors (Lipinski definition) is 1. The molecule has 0 aliphatic carbocycles. The van der Waals surface area contributed by atoms with Gasteiger partial charge in [-0.25, -0.2) is 5.43 Å². The molecule has 0 aromatic carbocycles. The van der Waals surface area contributed by atoms with Crippen molar-refractivity contribution in [1.29, 1.82) is 0 Å². The number of hydrogen-bond acceptors (Lipinski definition) is 1. The minimum Gasteiger partial charge on any atom is -0.226 e. The molecule has 1 unspecified atom stereocenters. The zero-order chi connectivity index (χ0) is 8.32. The van der Waals surface area contributed by atoms with Gasteiger partial charge in [0.25, 0.3) is 0 Å². The minimum atomic E-state index is 0.759. The normalized spacial score (nSPS) is 30.0. The molecule has 11 heavy (non-hydrogen) atoms. The maximum absolute atomic E-state index is 4.99. The lowest BCUT2D eigenvalue weighted by Gasteiger charge is -2.32. The first-order valence-corrected chi connectivity index (χ1v) is 4.35. The van der Waals surface area contributed by atoms with Gasteiger partial charge in [0.2, 0.25) is 0 Å². The van der Waals surface area contributed by atoms with E-state index in [1.807, 2.05) is 6.92 Å². The van der Waals surface area contributed by atoms with Crippen molar-refractivity contribution >= 4 is 17.2 Å². The average molecular weight is 171 g/mol. The van der Waals surface area contributed by atoms with Crippen LogP contribution in [0, 0.1) is 0 Å². The maximum Gasteiger partial charge on any atom is 0.122 e. The zero-order valence-electron chi connectivity index (χ0n) is 7.13. The summed E-state index contributed by atoms with van der Waals surface area (Å²) < 4.78 is 0.759. The molecule has 0 radical (unpaired) electrons. The molecular weight excluding hydrogens is 156 g/mol. The van der Waals surface area contributed by atoms with Gasteiger partial charge in [-0.15, -0.1) is 0 Å². The van der Waals surface area contributed by atoms with E-state index in [4.69, 9.17) is 12.2 Å². The third-order valence-corrected chi connectivity index (χ3v) is 1.93. The Morgan fingerprint density at radius 1 is 1.64 bits per heavy atom. The third-order valence-electron chi connectivity index (χ3n) is 1.84. The van der Waals surface area contributed by atoms with Crippen LogP contribution in [0.3, 0.4) is 0 Å². The maximum atomic E-state index is 4.99. The summed E-state index contributed by atoms with van der Waals surface area (Å²) in [4.78, 5) is 0.860. The highest BCUT2D eigenvalue weighted by Crippen LogP contribution is 2.10. The summed E-state index contributed by atoms with van der Waals surface area (Å²) >= 11 is 4.99. The highest BCUT2D eigenvalue weighted by atomic mass is 32.1. The minimum absolute atomic E-state index is 0.759. The fourth-order valence-electron chi connectivity index (χ4n) is 1.37.